The quantitative estimate of drug-likeness (QED) is 0.164. The number of hydrogen-bond donors (Lipinski definition) is 1. The Kier molecular flexibility index (Phi) is 11.8. The molecule has 1 unspecified atom stereocenters. The second kappa shape index (κ2) is 16.0. The van der Waals surface area contributed by atoms with Crippen LogP contribution >= 0.6 is 23.2 Å². The lowest BCUT2D eigenvalue weighted by molar-refractivity contribution is -0.137. The summed E-state index contributed by atoms with van der Waals surface area (Å²) < 4.78 is 17.9. The van der Waals surface area contributed by atoms with Crippen LogP contribution in [-0.2, 0) is 15.6 Å². The van der Waals surface area contributed by atoms with Gasteiger partial charge in [-0.25, -0.2) is 0 Å². The number of ether oxygens (including phenoxy) is 1. The lowest BCUT2D eigenvalue weighted by Gasteiger charge is -2.34. The average molecular weight is 707 g/mol. The van der Waals surface area contributed by atoms with Gasteiger partial charge in [-0.05, 0) is 91.0 Å². The number of carbonyl (C=O) groups excluding carboxylic acids is 1. The molecule has 1 saturated heterocycles. The van der Waals surface area contributed by atoms with Crippen LogP contribution in [0.15, 0.2) is 77.7 Å². The number of carbonyl (C=O) groups is 2. The third kappa shape index (κ3) is 8.01. The number of carboxylic acids is 1. The van der Waals surface area contributed by atoms with Crippen LogP contribution in [0.2, 0.25) is 10.0 Å². The summed E-state index contributed by atoms with van der Waals surface area (Å²) in [5, 5.41) is 21.8. The fourth-order valence-electron chi connectivity index (χ4n) is 6.66. The van der Waals surface area contributed by atoms with Gasteiger partial charge in [0.2, 0.25) is 0 Å². The topological polar surface area (TPSA) is 111 Å². The van der Waals surface area contributed by atoms with E-state index in [2.05, 4.69) is 17.0 Å². The second-order valence-corrected chi connectivity index (χ2v) is 14.2. The van der Waals surface area contributed by atoms with E-state index >= 15 is 0 Å². The van der Waals surface area contributed by atoms with Crippen molar-refractivity contribution < 1.29 is 23.6 Å². The van der Waals surface area contributed by atoms with Crippen molar-refractivity contribution in [1.29, 1.82) is 5.26 Å². The Labute approximate surface area is 293 Å². The van der Waals surface area contributed by atoms with Crippen LogP contribution < -0.4 is 4.74 Å². The zero-order chi connectivity index (χ0) is 34.4. The molecule has 0 radical (unpaired) electrons. The molecule has 0 aromatic heterocycles. The Morgan fingerprint density at radius 1 is 1.06 bits per heavy atom. The van der Waals surface area contributed by atoms with E-state index in [0.29, 0.717) is 39.7 Å². The molecule has 0 bridgehead atoms. The molecule has 1 heterocycles. The Morgan fingerprint density at radius 2 is 1.77 bits per heavy atom. The molecule has 1 aliphatic rings. The summed E-state index contributed by atoms with van der Waals surface area (Å²) in [5.41, 5.74) is 2.33. The van der Waals surface area contributed by atoms with Crippen molar-refractivity contribution in [1.82, 2.24) is 9.80 Å². The van der Waals surface area contributed by atoms with E-state index in [9.17, 15) is 24.2 Å². The third-order valence-corrected chi connectivity index (χ3v) is 10.8. The van der Waals surface area contributed by atoms with Crippen molar-refractivity contribution in [3.05, 3.63) is 105 Å². The van der Waals surface area contributed by atoms with E-state index in [1.807, 2.05) is 30.3 Å². The number of nitrogens with zero attached hydrogens (tertiary/aromatic N) is 3. The highest BCUT2D eigenvalue weighted by atomic mass is 35.5. The number of hydrogen-bond acceptors (Lipinski definition) is 6. The van der Waals surface area contributed by atoms with Gasteiger partial charge in [-0.3, -0.25) is 13.8 Å². The van der Waals surface area contributed by atoms with Crippen molar-refractivity contribution in [2.45, 2.75) is 36.0 Å². The van der Waals surface area contributed by atoms with Crippen LogP contribution in [0.1, 0.15) is 58.1 Å². The highest BCUT2D eigenvalue weighted by Crippen LogP contribution is 2.36. The second-order valence-electron chi connectivity index (χ2n) is 12.0. The number of methoxy groups -OCH3 is 1. The molecule has 0 saturated carbocycles. The summed E-state index contributed by atoms with van der Waals surface area (Å²) in [4.78, 5) is 31.1. The highest BCUT2D eigenvalue weighted by molar-refractivity contribution is 7.84. The Hall–Kier alpha value is -3.94. The zero-order valence-corrected chi connectivity index (χ0v) is 29.2. The SMILES string of the molecule is COc1c(C#N)cc2ccccc2c1C(=O)N(CC(=O)O)CC(CCN1CCC(c2ccccc2[S@@](C)=O)CC1)c1ccc(Cl)c(Cl)c1. The minimum Gasteiger partial charge on any atom is -0.495 e. The first-order chi connectivity index (χ1) is 23.1. The number of carboxylic acid groups (broad SMARTS) is 1. The number of nitriles is 1. The fourth-order valence-corrected chi connectivity index (χ4v) is 7.80. The maximum absolute atomic E-state index is 14.4. The molecule has 1 aliphatic heterocycles. The average Bonchev–Trinajstić information content (AvgIpc) is 3.09. The van der Waals surface area contributed by atoms with Crippen molar-refractivity contribution in [3.63, 3.8) is 0 Å². The summed E-state index contributed by atoms with van der Waals surface area (Å²) in [6.45, 7) is 1.96. The standard InChI is InChI=1S/C37H37Cl2N3O5S/c1-47-36-28(21-40)19-26-7-3-4-9-30(26)35(36)37(45)42(23-34(43)44)22-27(25-11-12-31(38)32(39)20-25)15-18-41-16-13-24(14-17-41)29-8-5-6-10-33(29)48(2)46/h3-12,19-20,24,27H,13-18,22-23H2,1-2H3,(H,43,44)/t27?,48-/m1/s1. The van der Waals surface area contributed by atoms with Crippen molar-refractivity contribution in [3.8, 4) is 11.8 Å². The Balaban J connectivity index is 1.42. The van der Waals surface area contributed by atoms with E-state index in [1.54, 1.807) is 42.7 Å². The molecule has 4 aromatic carbocycles. The molecule has 11 heteroatoms. The third-order valence-electron chi connectivity index (χ3n) is 9.06. The van der Waals surface area contributed by atoms with E-state index < -0.39 is 29.2 Å². The number of rotatable bonds is 12. The molecule has 0 spiro atoms. The molecule has 5 rings (SSSR count). The Bertz CT molecular complexity index is 1890. The number of fused-ring (bicyclic) bond motifs is 1. The van der Waals surface area contributed by atoms with Gasteiger partial charge in [0.1, 0.15) is 18.4 Å². The first kappa shape index (κ1) is 35.4. The maximum atomic E-state index is 14.4. The molecular weight excluding hydrogens is 669 g/mol. The summed E-state index contributed by atoms with van der Waals surface area (Å²) in [6.07, 6.45) is 4.20. The van der Waals surface area contributed by atoms with Gasteiger partial charge in [0.05, 0.1) is 39.1 Å². The largest absolute Gasteiger partial charge is 0.495 e. The summed E-state index contributed by atoms with van der Waals surface area (Å²) in [5.74, 6) is -1.55. The molecule has 8 nitrogen and oxygen atoms in total. The summed E-state index contributed by atoms with van der Waals surface area (Å²) in [6, 6.07) is 24.2. The van der Waals surface area contributed by atoms with Gasteiger partial charge in [0, 0.05) is 23.6 Å². The predicted molar refractivity (Wildman–Crippen MR) is 190 cm³/mol. The van der Waals surface area contributed by atoms with E-state index in [1.165, 1.54) is 12.0 Å². The summed E-state index contributed by atoms with van der Waals surface area (Å²) >= 11 is 12.7. The first-order valence-corrected chi connectivity index (χ1v) is 18.0. The maximum Gasteiger partial charge on any atom is 0.323 e. The minimum atomic E-state index is -1.16. The van der Waals surface area contributed by atoms with Crippen molar-refractivity contribution >= 4 is 56.7 Å². The van der Waals surface area contributed by atoms with Crippen LogP contribution in [0.5, 0.6) is 5.75 Å². The lowest BCUT2D eigenvalue weighted by atomic mass is 9.88. The predicted octanol–water partition coefficient (Wildman–Crippen LogP) is 7.34. The van der Waals surface area contributed by atoms with E-state index in [-0.39, 0.29) is 29.3 Å². The van der Waals surface area contributed by atoms with E-state index in [0.717, 1.165) is 42.0 Å². The monoisotopic (exact) mass is 705 g/mol. The van der Waals surface area contributed by atoms with Crippen LogP contribution in [0.4, 0.5) is 0 Å². The Morgan fingerprint density at radius 3 is 2.44 bits per heavy atom. The number of aliphatic carboxylic acids is 1. The summed E-state index contributed by atoms with van der Waals surface area (Å²) in [7, 11) is 0.337. The zero-order valence-electron chi connectivity index (χ0n) is 26.8. The molecule has 250 valence electrons. The van der Waals surface area contributed by atoms with Gasteiger partial charge in [0.15, 0.2) is 0 Å². The van der Waals surface area contributed by atoms with Gasteiger partial charge < -0.3 is 19.6 Å². The molecule has 48 heavy (non-hydrogen) atoms. The van der Waals surface area contributed by atoms with Gasteiger partial charge in [-0.2, -0.15) is 5.26 Å². The van der Waals surface area contributed by atoms with Crippen LogP contribution in [0.3, 0.4) is 0 Å². The van der Waals surface area contributed by atoms with Crippen molar-refractivity contribution in [2.75, 3.05) is 46.1 Å². The number of amides is 1. The number of likely N-dealkylation sites (tertiary alicyclic amines) is 1. The van der Waals surface area contributed by atoms with Crippen LogP contribution in [0, 0.1) is 11.3 Å². The first-order valence-electron chi connectivity index (χ1n) is 15.7. The molecule has 1 fully saturated rings. The molecule has 1 amide bonds. The molecule has 0 aliphatic carbocycles. The molecule has 2 atom stereocenters. The molecule has 1 N–H and O–H groups in total. The van der Waals surface area contributed by atoms with Gasteiger partial charge in [0.25, 0.3) is 5.91 Å². The van der Waals surface area contributed by atoms with Gasteiger partial charge in [-0.15, -0.1) is 0 Å². The molecular formula is C37H37Cl2N3O5S. The van der Waals surface area contributed by atoms with E-state index in [4.69, 9.17) is 27.9 Å². The smallest absolute Gasteiger partial charge is 0.323 e. The van der Waals surface area contributed by atoms with Gasteiger partial charge in [-0.1, -0.05) is 71.7 Å². The van der Waals surface area contributed by atoms with Crippen LogP contribution in [0.25, 0.3) is 10.8 Å². The highest BCUT2D eigenvalue weighted by Gasteiger charge is 2.30. The number of benzene rings is 4. The fraction of sp³-hybridized carbons (Fsp3) is 0.324. The van der Waals surface area contributed by atoms with Crippen molar-refractivity contribution in [2.24, 2.45) is 0 Å². The minimum absolute atomic E-state index is 0.0868. The van der Waals surface area contributed by atoms with Crippen LogP contribution in [-0.4, -0.2) is 77.1 Å². The van der Waals surface area contributed by atoms with Gasteiger partial charge >= 0.3 is 5.97 Å². The number of piperidine rings is 1. The number of halogens is 2. The normalized spacial score (nSPS) is 15.1. The molecule has 4 aromatic rings. The lowest BCUT2D eigenvalue weighted by Crippen LogP contribution is -2.40.